The van der Waals surface area contributed by atoms with Gasteiger partial charge in [-0.3, -0.25) is 4.68 Å². The second-order valence-corrected chi connectivity index (χ2v) is 4.97. The van der Waals surface area contributed by atoms with Gasteiger partial charge in [0.05, 0.1) is 29.5 Å². The third kappa shape index (κ3) is 2.89. The standard InChI is InChI=1S/C13H15BrFN3O/c1-8-13(14)11(18(2)17-8)7-16-9-4-5-12(19-3)10(15)6-9/h4-6,16H,7H2,1-3H3. The first-order chi connectivity index (χ1) is 9.02. The highest BCUT2D eigenvalue weighted by molar-refractivity contribution is 9.10. The van der Waals surface area contributed by atoms with E-state index in [0.29, 0.717) is 12.2 Å². The van der Waals surface area contributed by atoms with Crippen LogP contribution in [0.15, 0.2) is 22.7 Å². The minimum absolute atomic E-state index is 0.239. The lowest BCUT2D eigenvalue weighted by atomic mass is 10.2. The number of methoxy groups -OCH3 is 1. The Bertz CT molecular complexity index is 598. The van der Waals surface area contributed by atoms with Crippen LogP contribution in [0, 0.1) is 12.7 Å². The van der Waals surface area contributed by atoms with Gasteiger partial charge in [-0.2, -0.15) is 5.10 Å². The number of aryl methyl sites for hydroxylation is 2. The summed E-state index contributed by atoms with van der Waals surface area (Å²) >= 11 is 3.49. The summed E-state index contributed by atoms with van der Waals surface area (Å²) in [6, 6.07) is 4.79. The first kappa shape index (κ1) is 13.9. The quantitative estimate of drug-likeness (QED) is 0.936. The van der Waals surface area contributed by atoms with E-state index < -0.39 is 0 Å². The number of nitrogens with one attached hydrogen (secondary N) is 1. The number of hydrogen-bond donors (Lipinski definition) is 1. The van der Waals surface area contributed by atoms with E-state index in [-0.39, 0.29) is 11.6 Å². The molecule has 19 heavy (non-hydrogen) atoms. The summed E-state index contributed by atoms with van der Waals surface area (Å²) in [6.07, 6.45) is 0. The third-order valence-corrected chi connectivity index (χ3v) is 3.90. The van der Waals surface area contributed by atoms with Crippen LogP contribution in [0.3, 0.4) is 0 Å². The van der Waals surface area contributed by atoms with E-state index in [1.165, 1.54) is 13.2 Å². The first-order valence-corrected chi connectivity index (χ1v) is 6.57. The van der Waals surface area contributed by atoms with Crippen LogP contribution in [-0.4, -0.2) is 16.9 Å². The summed E-state index contributed by atoms with van der Waals surface area (Å²) in [5.41, 5.74) is 2.64. The second kappa shape index (κ2) is 5.61. The van der Waals surface area contributed by atoms with Crippen LogP contribution >= 0.6 is 15.9 Å². The Kier molecular flexibility index (Phi) is 4.09. The molecule has 6 heteroatoms. The van der Waals surface area contributed by atoms with Gasteiger partial charge in [0.1, 0.15) is 0 Å². The number of hydrogen-bond acceptors (Lipinski definition) is 3. The highest BCUT2D eigenvalue weighted by Crippen LogP contribution is 2.23. The zero-order valence-corrected chi connectivity index (χ0v) is 12.6. The molecule has 1 heterocycles. The van der Waals surface area contributed by atoms with Crippen LogP contribution < -0.4 is 10.1 Å². The molecule has 0 radical (unpaired) electrons. The lowest BCUT2D eigenvalue weighted by Gasteiger charge is -2.09. The second-order valence-electron chi connectivity index (χ2n) is 4.17. The van der Waals surface area contributed by atoms with Crippen molar-refractivity contribution in [3.05, 3.63) is 39.9 Å². The van der Waals surface area contributed by atoms with E-state index in [2.05, 4.69) is 26.3 Å². The number of halogens is 2. The van der Waals surface area contributed by atoms with Gasteiger partial charge in [-0.15, -0.1) is 0 Å². The normalized spacial score (nSPS) is 10.6. The fourth-order valence-corrected chi connectivity index (χ4v) is 2.31. The molecule has 1 N–H and O–H groups in total. The number of benzene rings is 1. The molecule has 0 aliphatic heterocycles. The van der Waals surface area contributed by atoms with Gasteiger partial charge in [0.25, 0.3) is 0 Å². The Balaban J connectivity index is 2.12. The number of anilines is 1. The van der Waals surface area contributed by atoms with Crippen LogP contribution in [0.1, 0.15) is 11.4 Å². The molecule has 0 spiro atoms. The maximum Gasteiger partial charge on any atom is 0.167 e. The van der Waals surface area contributed by atoms with Crippen molar-refractivity contribution in [1.82, 2.24) is 9.78 Å². The van der Waals surface area contributed by atoms with E-state index in [1.54, 1.807) is 16.8 Å². The predicted octanol–water partition coefficient (Wildman–Crippen LogP) is 3.25. The van der Waals surface area contributed by atoms with Crippen molar-refractivity contribution >= 4 is 21.6 Å². The Labute approximate surface area is 119 Å². The van der Waals surface area contributed by atoms with Gasteiger partial charge in [-0.25, -0.2) is 4.39 Å². The summed E-state index contributed by atoms with van der Waals surface area (Å²) in [6.45, 7) is 2.49. The van der Waals surface area contributed by atoms with Crippen LogP contribution in [0.2, 0.25) is 0 Å². The Hall–Kier alpha value is -1.56. The molecule has 102 valence electrons. The number of nitrogens with zero attached hydrogens (tertiary/aromatic N) is 2. The molecule has 1 aromatic heterocycles. The molecule has 0 atom stereocenters. The van der Waals surface area contributed by atoms with Gasteiger partial charge in [0, 0.05) is 18.8 Å². The highest BCUT2D eigenvalue weighted by Gasteiger charge is 2.10. The largest absolute Gasteiger partial charge is 0.494 e. The van der Waals surface area contributed by atoms with Crippen molar-refractivity contribution < 1.29 is 9.13 Å². The highest BCUT2D eigenvalue weighted by atomic mass is 79.9. The number of aromatic nitrogens is 2. The van der Waals surface area contributed by atoms with Crippen molar-refractivity contribution in [2.45, 2.75) is 13.5 Å². The number of ether oxygens (including phenoxy) is 1. The molecular formula is C13H15BrFN3O. The van der Waals surface area contributed by atoms with Crippen LogP contribution in [-0.2, 0) is 13.6 Å². The molecule has 0 aliphatic rings. The molecule has 0 unspecified atom stereocenters. The van der Waals surface area contributed by atoms with Crippen molar-refractivity contribution in [1.29, 1.82) is 0 Å². The van der Waals surface area contributed by atoms with E-state index >= 15 is 0 Å². The molecule has 4 nitrogen and oxygen atoms in total. The minimum Gasteiger partial charge on any atom is -0.494 e. The van der Waals surface area contributed by atoms with Crippen molar-refractivity contribution in [3.8, 4) is 5.75 Å². The van der Waals surface area contributed by atoms with Crippen molar-refractivity contribution in [2.75, 3.05) is 12.4 Å². The SMILES string of the molecule is COc1ccc(NCc2c(Br)c(C)nn2C)cc1F. The molecule has 1 aromatic carbocycles. The summed E-state index contributed by atoms with van der Waals surface area (Å²) in [4.78, 5) is 0. The summed E-state index contributed by atoms with van der Waals surface area (Å²) in [5.74, 6) is -0.143. The third-order valence-electron chi connectivity index (χ3n) is 2.87. The average molecular weight is 328 g/mol. The van der Waals surface area contributed by atoms with Gasteiger partial charge in [-0.05, 0) is 35.0 Å². The Morgan fingerprint density at radius 3 is 2.74 bits per heavy atom. The molecule has 0 aliphatic carbocycles. The topological polar surface area (TPSA) is 39.1 Å². The predicted molar refractivity (Wildman–Crippen MR) is 75.9 cm³/mol. The monoisotopic (exact) mass is 327 g/mol. The van der Waals surface area contributed by atoms with Gasteiger partial charge in [-0.1, -0.05) is 0 Å². The van der Waals surface area contributed by atoms with Crippen LogP contribution in [0.4, 0.5) is 10.1 Å². The van der Waals surface area contributed by atoms with Gasteiger partial charge in [0.15, 0.2) is 11.6 Å². The van der Waals surface area contributed by atoms with E-state index in [4.69, 9.17) is 4.74 Å². The molecular weight excluding hydrogens is 313 g/mol. The summed E-state index contributed by atoms with van der Waals surface area (Å²) < 4.78 is 21.2. The molecule has 0 saturated heterocycles. The Morgan fingerprint density at radius 1 is 1.47 bits per heavy atom. The molecule has 0 amide bonds. The van der Waals surface area contributed by atoms with Gasteiger partial charge in [0.2, 0.25) is 0 Å². The van der Waals surface area contributed by atoms with Crippen molar-refractivity contribution in [3.63, 3.8) is 0 Å². The van der Waals surface area contributed by atoms with Crippen LogP contribution in [0.5, 0.6) is 5.75 Å². The fraction of sp³-hybridized carbons (Fsp3) is 0.308. The smallest absolute Gasteiger partial charge is 0.167 e. The molecule has 0 fully saturated rings. The lowest BCUT2D eigenvalue weighted by molar-refractivity contribution is 0.386. The zero-order valence-electron chi connectivity index (χ0n) is 11.0. The molecule has 0 saturated carbocycles. The van der Waals surface area contributed by atoms with E-state index in [9.17, 15) is 4.39 Å². The maximum atomic E-state index is 13.5. The van der Waals surface area contributed by atoms with Gasteiger partial charge < -0.3 is 10.1 Å². The summed E-state index contributed by atoms with van der Waals surface area (Å²) in [7, 11) is 3.32. The molecule has 0 bridgehead atoms. The first-order valence-electron chi connectivity index (χ1n) is 5.78. The minimum atomic E-state index is -0.382. The van der Waals surface area contributed by atoms with E-state index in [0.717, 1.165) is 15.9 Å². The van der Waals surface area contributed by atoms with Crippen molar-refractivity contribution in [2.24, 2.45) is 7.05 Å². The van der Waals surface area contributed by atoms with Crippen LogP contribution in [0.25, 0.3) is 0 Å². The lowest BCUT2D eigenvalue weighted by Crippen LogP contribution is -2.06. The zero-order chi connectivity index (χ0) is 14.0. The molecule has 2 aromatic rings. The fourth-order valence-electron chi connectivity index (χ4n) is 1.83. The average Bonchev–Trinajstić information content (AvgIpc) is 2.61. The van der Waals surface area contributed by atoms with E-state index in [1.807, 2.05) is 14.0 Å². The maximum absolute atomic E-state index is 13.5. The number of rotatable bonds is 4. The summed E-state index contributed by atoms with van der Waals surface area (Å²) in [5, 5.41) is 7.47. The molecule has 2 rings (SSSR count). The Morgan fingerprint density at radius 2 is 2.21 bits per heavy atom. The van der Waals surface area contributed by atoms with Gasteiger partial charge >= 0.3 is 0 Å².